The van der Waals surface area contributed by atoms with Crippen molar-refractivity contribution in [3.63, 3.8) is 0 Å². The Hall–Kier alpha value is -2.49. The molecule has 0 aliphatic carbocycles. The smallest absolute Gasteiger partial charge is 0.266 e. The number of halogens is 1. The lowest BCUT2D eigenvalue weighted by molar-refractivity contribution is -0.109. The van der Waals surface area contributed by atoms with E-state index < -0.39 is 0 Å². The van der Waals surface area contributed by atoms with Crippen molar-refractivity contribution in [2.45, 2.75) is 6.04 Å². The maximum Gasteiger partial charge on any atom is 0.266 e. The van der Waals surface area contributed by atoms with Crippen LogP contribution in [0.5, 0.6) is 0 Å². The van der Waals surface area contributed by atoms with E-state index in [1.54, 1.807) is 12.1 Å². The van der Waals surface area contributed by atoms with Gasteiger partial charge in [0.05, 0.1) is 6.21 Å². The summed E-state index contributed by atoms with van der Waals surface area (Å²) >= 11 is 0. The van der Waals surface area contributed by atoms with E-state index in [4.69, 9.17) is 0 Å². The molecule has 1 aliphatic heterocycles. The van der Waals surface area contributed by atoms with Gasteiger partial charge in [-0.05, 0) is 23.8 Å². The van der Waals surface area contributed by atoms with Gasteiger partial charge in [0.25, 0.3) is 5.91 Å². The van der Waals surface area contributed by atoms with Crippen LogP contribution in [0.4, 0.5) is 10.1 Å². The first-order chi connectivity index (χ1) is 9.24. The zero-order chi connectivity index (χ0) is 13.2. The van der Waals surface area contributed by atoms with Crippen LogP contribution in [-0.2, 0) is 4.79 Å². The number of amides is 1. The maximum absolute atomic E-state index is 13.3. The molecule has 1 amide bonds. The summed E-state index contributed by atoms with van der Waals surface area (Å²) in [5, 5.41) is 2.75. The van der Waals surface area contributed by atoms with E-state index >= 15 is 0 Å². The summed E-state index contributed by atoms with van der Waals surface area (Å²) in [5.41, 5.74) is 2.29. The van der Waals surface area contributed by atoms with E-state index in [-0.39, 0.29) is 17.8 Å². The van der Waals surface area contributed by atoms with Gasteiger partial charge in [-0.15, -0.1) is 0 Å². The average Bonchev–Trinajstić information content (AvgIpc) is 2.57. The predicted molar refractivity (Wildman–Crippen MR) is 71.8 cm³/mol. The van der Waals surface area contributed by atoms with Gasteiger partial charge >= 0.3 is 0 Å². The molecule has 1 atom stereocenters. The minimum Gasteiger partial charge on any atom is -0.321 e. The number of carbonyl (C=O) groups excluding carboxylic acids is 1. The topological polar surface area (TPSA) is 41.5 Å². The zero-order valence-corrected chi connectivity index (χ0v) is 10.0. The number of rotatable bonds is 1. The van der Waals surface area contributed by atoms with Crippen LogP contribution in [0, 0.1) is 5.82 Å². The highest BCUT2D eigenvalue weighted by Crippen LogP contribution is 2.32. The first kappa shape index (κ1) is 11.6. The van der Waals surface area contributed by atoms with Gasteiger partial charge in [0.1, 0.15) is 11.9 Å². The number of aliphatic imine (C=N–C) groups is 1. The second-order valence-corrected chi connectivity index (χ2v) is 4.31. The number of para-hydroxylation sites is 1. The fourth-order valence-corrected chi connectivity index (χ4v) is 2.18. The first-order valence-electron chi connectivity index (χ1n) is 5.92. The minimum absolute atomic E-state index is 0.272. The van der Waals surface area contributed by atoms with Gasteiger partial charge in [0.2, 0.25) is 0 Å². The van der Waals surface area contributed by atoms with E-state index in [1.165, 1.54) is 18.3 Å². The van der Waals surface area contributed by atoms with Crippen LogP contribution in [0.2, 0.25) is 0 Å². The van der Waals surface area contributed by atoms with Crippen LogP contribution >= 0.6 is 0 Å². The van der Waals surface area contributed by atoms with Crippen LogP contribution < -0.4 is 5.32 Å². The maximum atomic E-state index is 13.3. The third kappa shape index (κ3) is 2.25. The molecule has 3 nitrogen and oxygen atoms in total. The average molecular weight is 254 g/mol. The van der Waals surface area contributed by atoms with Crippen molar-refractivity contribution in [1.29, 1.82) is 0 Å². The molecule has 1 heterocycles. The van der Waals surface area contributed by atoms with Crippen molar-refractivity contribution in [3.8, 4) is 0 Å². The molecule has 0 bridgehead atoms. The van der Waals surface area contributed by atoms with E-state index in [1.807, 2.05) is 24.3 Å². The Morgan fingerprint density at radius 1 is 1.11 bits per heavy atom. The molecular weight excluding hydrogens is 243 g/mol. The van der Waals surface area contributed by atoms with Crippen molar-refractivity contribution in [2.75, 3.05) is 5.32 Å². The highest BCUT2D eigenvalue weighted by atomic mass is 19.1. The second-order valence-electron chi connectivity index (χ2n) is 4.31. The molecule has 4 heteroatoms. The van der Waals surface area contributed by atoms with Gasteiger partial charge in [-0.2, -0.15) is 0 Å². The Labute approximate surface area is 109 Å². The lowest BCUT2D eigenvalue weighted by Crippen LogP contribution is -2.11. The minimum atomic E-state index is -0.370. The Kier molecular flexibility index (Phi) is 2.83. The van der Waals surface area contributed by atoms with Gasteiger partial charge in [-0.25, -0.2) is 4.39 Å². The summed E-state index contributed by atoms with van der Waals surface area (Å²) in [4.78, 5) is 15.8. The Bertz CT molecular complexity index is 667. The highest BCUT2D eigenvalue weighted by Gasteiger charge is 2.20. The molecule has 3 rings (SSSR count). The van der Waals surface area contributed by atoms with Crippen molar-refractivity contribution < 1.29 is 9.18 Å². The molecule has 2 aromatic carbocycles. The van der Waals surface area contributed by atoms with Crippen LogP contribution in [-0.4, -0.2) is 12.1 Å². The third-order valence-electron chi connectivity index (χ3n) is 3.02. The molecule has 0 saturated heterocycles. The summed E-state index contributed by atoms with van der Waals surface area (Å²) in [7, 11) is 0. The summed E-state index contributed by atoms with van der Waals surface area (Å²) < 4.78 is 13.3. The Morgan fingerprint density at radius 3 is 2.79 bits per heavy atom. The quantitative estimate of drug-likeness (QED) is 0.835. The molecule has 2 aromatic rings. The monoisotopic (exact) mass is 254 g/mol. The largest absolute Gasteiger partial charge is 0.321 e. The molecule has 1 N–H and O–H groups in total. The standard InChI is InChI=1S/C15H11FN2O/c16-11-5-3-4-10(8-11)15-12-6-1-2-7-13(12)18-14(19)9-17-15/h1-9,15H,(H,18,19). The molecule has 0 radical (unpaired) electrons. The van der Waals surface area contributed by atoms with Gasteiger partial charge in [-0.1, -0.05) is 30.3 Å². The van der Waals surface area contributed by atoms with Crippen molar-refractivity contribution in [1.82, 2.24) is 0 Å². The summed E-state index contributed by atoms with van der Waals surface area (Å²) in [6, 6.07) is 13.3. The number of fused-ring (bicyclic) bond motifs is 1. The molecule has 1 unspecified atom stereocenters. The van der Waals surface area contributed by atoms with E-state index in [0.717, 1.165) is 11.1 Å². The summed E-state index contributed by atoms with van der Waals surface area (Å²) in [5.74, 6) is -0.583. The number of hydrogen-bond donors (Lipinski definition) is 1. The molecular formula is C15H11FN2O. The third-order valence-corrected chi connectivity index (χ3v) is 3.02. The molecule has 19 heavy (non-hydrogen) atoms. The number of anilines is 1. The molecule has 94 valence electrons. The zero-order valence-electron chi connectivity index (χ0n) is 10.0. The van der Waals surface area contributed by atoms with Gasteiger partial charge in [0, 0.05) is 11.3 Å². The number of benzene rings is 2. The lowest BCUT2D eigenvalue weighted by Gasteiger charge is -2.14. The molecule has 0 aromatic heterocycles. The van der Waals surface area contributed by atoms with E-state index in [9.17, 15) is 9.18 Å². The second kappa shape index (κ2) is 4.65. The first-order valence-corrected chi connectivity index (χ1v) is 5.92. The molecule has 0 spiro atoms. The molecule has 0 fully saturated rings. The summed E-state index contributed by atoms with van der Waals surface area (Å²) in [6.45, 7) is 0. The fraction of sp³-hybridized carbons (Fsp3) is 0.0667. The van der Waals surface area contributed by atoms with E-state index in [2.05, 4.69) is 10.3 Å². The van der Waals surface area contributed by atoms with Crippen LogP contribution in [0.1, 0.15) is 17.2 Å². The van der Waals surface area contributed by atoms with Crippen LogP contribution in [0.15, 0.2) is 53.5 Å². The van der Waals surface area contributed by atoms with Crippen LogP contribution in [0.25, 0.3) is 0 Å². The predicted octanol–water partition coefficient (Wildman–Crippen LogP) is 2.94. The Balaban J connectivity index is 2.15. The number of nitrogens with one attached hydrogen (secondary N) is 1. The number of nitrogens with zero attached hydrogens (tertiary/aromatic N) is 1. The summed E-state index contributed by atoms with van der Waals surface area (Å²) in [6.07, 6.45) is 1.25. The Morgan fingerprint density at radius 2 is 1.95 bits per heavy atom. The number of hydrogen-bond acceptors (Lipinski definition) is 2. The fourth-order valence-electron chi connectivity index (χ4n) is 2.18. The van der Waals surface area contributed by atoms with Crippen molar-refractivity contribution >= 4 is 17.8 Å². The van der Waals surface area contributed by atoms with Crippen molar-refractivity contribution in [2.24, 2.45) is 4.99 Å². The van der Waals surface area contributed by atoms with Crippen molar-refractivity contribution in [3.05, 3.63) is 65.5 Å². The SMILES string of the molecule is O=C1C=NC(c2cccc(F)c2)c2ccccc2N1. The van der Waals surface area contributed by atoms with Gasteiger partial charge in [-0.3, -0.25) is 9.79 Å². The van der Waals surface area contributed by atoms with Gasteiger partial charge < -0.3 is 5.32 Å². The normalized spacial score (nSPS) is 17.5. The van der Waals surface area contributed by atoms with Crippen LogP contribution in [0.3, 0.4) is 0 Å². The molecule has 1 aliphatic rings. The van der Waals surface area contributed by atoms with E-state index in [0.29, 0.717) is 5.69 Å². The lowest BCUT2D eigenvalue weighted by atomic mass is 9.98. The number of carbonyl (C=O) groups is 1. The highest BCUT2D eigenvalue weighted by molar-refractivity contribution is 6.32. The molecule has 0 saturated carbocycles. The van der Waals surface area contributed by atoms with Gasteiger partial charge in [0.15, 0.2) is 0 Å².